The van der Waals surface area contributed by atoms with E-state index in [0.717, 1.165) is 36.6 Å². The van der Waals surface area contributed by atoms with Crippen LogP contribution in [0.5, 0.6) is 0 Å². The molecule has 1 amide bonds. The van der Waals surface area contributed by atoms with Crippen LogP contribution in [0.25, 0.3) is 0 Å². The average Bonchev–Trinajstić information content (AvgIpc) is 3.26. The highest BCUT2D eigenvalue weighted by Gasteiger charge is 2.28. The molecule has 1 aromatic rings. The second-order valence-electron chi connectivity index (χ2n) is 5.62. The second kappa shape index (κ2) is 5.69. The Balaban J connectivity index is 1.61. The molecule has 108 valence electrons. The van der Waals surface area contributed by atoms with E-state index in [1.165, 1.54) is 19.4 Å². The van der Waals surface area contributed by atoms with Crippen molar-refractivity contribution in [2.45, 2.75) is 12.8 Å². The van der Waals surface area contributed by atoms with Crippen LogP contribution in [0.4, 0.5) is 5.82 Å². The molecule has 0 spiro atoms. The maximum atomic E-state index is 12.5. The monoisotopic (exact) mass is 338 g/mol. The van der Waals surface area contributed by atoms with Gasteiger partial charge in [0.1, 0.15) is 5.82 Å². The molecule has 2 aliphatic rings. The molecule has 2 fully saturated rings. The summed E-state index contributed by atoms with van der Waals surface area (Å²) in [6.07, 6.45) is 4.36. The van der Waals surface area contributed by atoms with Crippen molar-refractivity contribution in [3.8, 4) is 0 Å². The molecule has 1 saturated carbocycles. The fourth-order valence-corrected chi connectivity index (χ4v) is 2.92. The van der Waals surface area contributed by atoms with Crippen LogP contribution in [0.3, 0.4) is 0 Å². The van der Waals surface area contributed by atoms with Gasteiger partial charge in [0, 0.05) is 43.4 Å². The first kappa shape index (κ1) is 13.8. The highest BCUT2D eigenvalue weighted by atomic mass is 79.9. The Labute approximate surface area is 127 Å². The molecule has 0 atom stereocenters. The molecule has 3 rings (SSSR count). The smallest absolute Gasteiger partial charge is 0.257 e. The first-order valence-corrected chi connectivity index (χ1v) is 7.85. The highest BCUT2D eigenvalue weighted by Crippen LogP contribution is 2.30. The summed E-state index contributed by atoms with van der Waals surface area (Å²) in [4.78, 5) is 20.9. The van der Waals surface area contributed by atoms with Gasteiger partial charge < -0.3 is 10.6 Å². The number of nitrogens with zero attached hydrogens (tertiary/aromatic N) is 3. The maximum absolute atomic E-state index is 12.5. The van der Waals surface area contributed by atoms with Gasteiger partial charge in [-0.3, -0.25) is 9.69 Å². The Morgan fingerprint density at radius 1 is 1.35 bits per heavy atom. The molecular formula is C14H19BrN4O. The summed E-state index contributed by atoms with van der Waals surface area (Å²) in [5.74, 6) is 1.20. The van der Waals surface area contributed by atoms with Crippen LogP contribution in [-0.2, 0) is 0 Å². The zero-order valence-electron chi connectivity index (χ0n) is 11.4. The molecule has 0 radical (unpaired) electrons. The third-order valence-electron chi connectivity index (χ3n) is 3.99. The van der Waals surface area contributed by atoms with Crippen molar-refractivity contribution in [3.63, 3.8) is 0 Å². The Morgan fingerprint density at radius 2 is 2.05 bits per heavy atom. The minimum Gasteiger partial charge on any atom is -0.383 e. The van der Waals surface area contributed by atoms with Gasteiger partial charge >= 0.3 is 0 Å². The number of pyridine rings is 1. The van der Waals surface area contributed by atoms with E-state index in [1.807, 2.05) is 4.90 Å². The number of anilines is 1. The molecule has 2 heterocycles. The molecule has 5 nitrogen and oxygen atoms in total. The van der Waals surface area contributed by atoms with Crippen molar-refractivity contribution in [2.24, 2.45) is 5.92 Å². The zero-order chi connectivity index (χ0) is 14.1. The SMILES string of the molecule is Nc1ncc(Br)cc1C(=O)N1CCN(CC2CC2)CC1. The van der Waals surface area contributed by atoms with E-state index in [9.17, 15) is 4.79 Å². The number of piperazine rings is 1. The van der Waals surface area contributed by atoms with Gasteiger partial charge in [-0.05, 0) is 40.8 Å². The van der Waals surface area contributed by atoms with Gasteiger partial charge in [0.05, 0.1) is 5.56 Å². The summed E-state index contributed by atoms with van der Waals surface area (Å²) in [6, 6.07) is 1.75. The van der Waals surface area contributed by atoms with Gasteiger partial charge in [0.2, 0.25) is 0 Å². The van der Waals surface area contributed by atoms with Gasteiger partial charge in [-0.1, -0.05) is 0 Å². The molecule has 0 aromatic carbocycles. The summed E-state index contributed by atoms with van der Waals surface area (Å²) >= 11 is 3.34. The molecule has 0 unspecified atom stereocenters. The fourth-order valence-electron chi connectivity index (χ4n) is 2.59. The van der Waals surface area contributed by atoms with Crippen molar-refractivity contribution in [1.29, 1.82) is 0 Å². The van der Waals surface area contributed by atoms with Crippen LogP contribution in [0, 0.1) is 5.92 Å². The lowest BCUT2D eigenvalue weighted by Gasteiger charge is -2.34. The van der Waals surface area contributed by atoms with E-state index in [1.54, 1.807) is 12.3 Å². The van der Waals surface area contributed by atoms with Crippen molar-refractivity contribution in [1.82, 2.24) is 14.8 Å². The Kier molecular flexibility index (Phi) is 3.94. The first-order valence-electron chi connectivity index (χ1n) is 7.06. The third-order valence-corrected chi connectivity index (χ3v) is 4.42. The second-order valence-corrected chi connectivity index (χ2v) is 6.54. The number of hydrogen-bond acceptors (Lipinski definition) is 4. The zero-order valence-corrected chi connectivity index (χ0v) is 13.0. The predicted molar refractivity (Wildman–Crippen MR) is 81.4 cm³/mol. The van der Waals surface area contributed by atoms with E-state index >= 15 is 0 Å². The van der Waals surface area contributed by atoms with Gasteiger partial charge in [-0.25, -0.2) is 4.98 Å². The quantitative estimate of drug-likeness (QED) is 0.909. The van der Waals surface area contributed by atoms with E-state index < -0.39 is 0 Å². The van der Waals surface area contributed by atoms with Crippen LogP contribution >= 0.6 is 15.9 Å². The molecule has 2 N–H and O–H groups in total. The number of rotatable bonds is 3. The fraction of sp³-hybridized carbons (Fsp3) is 0.571. The van der Waals surface area contributed by atoms with E-state index in [0.29, 0.717) is 11.4 Å². The normalized spacial score (nSPS) is 20.1. The summed E-state index contributed by atoms with van der Waals surface area (Å²) in [7, 11) is 0. The van der Waals surface area contributed by atoms with Gasteiger partial charge in [-0.2, -0.15) is 0 Å². The number of amides is 1. The summed E-state index contributed by atoms with van der Waals surface area (Å²) in [5, 5.41) is 0. The van der Waals surface area contributed by atoms with E-state index in [2.05, 4.69) is 25.8 Å². The minimum atomic E-state index is -0.0117. The maximum Gasteiger partial charge on any atom is 0.257 e. The number of carbonyl (C=O) groups excluding carboxylic acids is 1. The standard InChI is InChI=1S/C14H19BrN4O/c15-11-7-12(13(16)17-8-11)14(20)19-5-3-18(4-6-19)9-10-1-2-10/h7-8,10H,1-6,9H2,(H2,16,17). The molecule has 1 aromatic heterocycles. The number of aromatic nitrogens is 1. The third kappa shape index (κ3) is 3.12. The lowest BCUT2D eigenvalue weighted by molar-refractivity contribution is 0.0632. The van der Waals surface area contributed by atoms with Crippen LogP contribution in [0.15, 0.2) is 16.7 Å². The lowest BCUT2D eigenvalue weighted by atomic mass is 10.2. The number of halogens is 1. The number of carbonyl (C=O) groups is 1. The summed E-state index contributed by atoms with van der Waals surface area (Å²) in [6.45, 7) is 4.67. The minimum absolute atomic E-state index is 0.0117. The Morgan fingerprint density at radius 3 is 2.70 bits per heavy atom. The number of nitrogen functional groups attached to an aromatic ring is 1. The van der Waals surface area contributed by atoms with Gasteiger partial charge in [-0.15, -0.1) is 0 Å². The molecule has 6 heteroatoms. The summed E-state index contributed by atoms with van der Waals surface area (Å²) < 4.78 is 0.780. The molecule has 0 bridgehead atoms. The lowest BCUT2D eigenvalue weighted by Crippen LogP contribution is -2.49. The van der Waals surface area contributed by atoms with Crippen molar-refractivity contribution in [2.75, 3.05) is 38.5 Å². The molecule has 1 saturated heterocycles. The Hall–Kier alpha value is -1.14. The molecule has 1 aliphatic carbocycles. The first-order chi connectivity index (χ1) is 9.63. The molecule has 1 aliphatic heterocycles. The van der Waals surface area contributed by atoms with Crippen LogP contribution < -0.4 is 5.73 Å². The number of nitrogens with two attached hydrogens (primary N) is 1. The molecule has 20 heavy (non-hydrogen) atoms. The van der Waals surface area contributed by atoms with Crippen LogP contribution in [-0.4, -0.2) is 53.4 Å². The van der Waals surface area contributed by atoms with Crippen LogP contribution in [0.1, 0.15) is 23.2 Å². The predicted octanol–water partition coefficient (Wildman–Crippen LogP) is 1.59. The topological polar surface area (TPSA) is 62.5 Å². The van der Waals surface area contributed by atoms with Crippen molar-refractivity contribution >= 4 is 27.7 Å². The van der Waals surface area contributed by atoms with Crippen molar-refractivity contribution < 1.29 is 4.79 Å². The van der Waals surface area contributed by atoms with E-state index in [4.69, 9.17) is 5.73 Å². The van der Waals surface area contributed by atoms with Gasteiger partial charge in [0.25, 0.3) is 5.91 Å². The average molecular weight is 339 g/mol. The van der Waals surface area contributed by atoms with Crippen molar-refractivity contribution in [3.05, 3.63) is 22.3 Å². The highest BCUT2D eigenvalue weighted by molar-refractivity contribution is 9.10. The Bertz CT molecular complexity index is 510. The molecular weight excluding hydrogens is 320 g/mol. The van der Waals surface area contributed by atoms with Crippen LogP contribution in [0.2, 0.25) is 0 Å². The number of hydrogen-bond donors (Lipinski definition) is 1. The summed E-state index contributed by atoms with van der Waals surface area (Å²) in [5.41, 5.74) is 6.30. The van der Waals surface area contributed by atoms with Gasteiger partial charge in [0.15, 0.2) is 0 Å². The largest absolute Gasteiger partial charge is 0.383 e. The van der Waals surface area contributed by atoms with E-state index in [-0.39, 0.29) is 5.91 Å².